The Morgan fingerprint density at radius 1 is 0.169 bits per heavy atom. The van der Waals surface area contributed by atoms with Crippen LogP contribution in [0.25, 0.3) is 164 Å². The van der Waals surface area contributed by atoms with E-state index in [1.54, 1.807) is 0 Å². The van der Waals surface area contributed by atoms with Crippen LogP contribution in [-0.4, -0.2) is 0 Å². The van der Waals surface area contributed by atoms with Crippen molar-refractivity contribution >= 4 is 97.3 Å². The van der Waals surface area contributed by atoms with Gasteiger partial charge in [0.15, 0.2) is 0 Å². The average molecular weight is 1050 g/mol. The first-order valence-electron chi connectivity index (χ1n) is 28.6. The molecule has 0 aliphatic carbocycles. The molecule has 16 aromatic carbocycles. The first kappa shape index (κ1) is 48.1. The predicted octanol–water partition coefficient (Wildman–Crippen LogP) is 23.3. The third-order valence-corrected chi connectivity index (χ3v) is 17.1. The third kappa shape index (κ3) is 8.24. The highest BCUT2D eigenvalue weighted by Crippen LogP contribution is 2.49. The van der Waals surface area contributed by atoms with Gasteiger partial charge in [0.2, 0.25) is 0 Å². The van der Waals surface area contributed by atoms with Gasteiger partial charge in [-0.3, -0.25) is 0 Å². The first-order valence-corrected chi connectivity index (χ1v) is 28.6. The summed E-state index contributed by atoms with van der Waals surface area (Å²) in [5.41, 5.74) is 16.8. The van der Waals surface area contributed by atoms with Gasteiger partial charge in [0.05, 0.1) is 0 Å². The Bertz CT molecular complexity index is 5300. The molecule has 1 heteroatoms. The Morgan fingerprint density at radius 2 is 0.566 bits per heavy atom. The Hall–Kier alpha value is -10.9. The minimum absolute atomic E-state index is 0.920. The number of fused-ring (bicyclic) bond motifs is 10. The lowest BCUT2D eigenvalue weighted by Gasteiger charge is -2.20. The minimum Gasteiger partial charge on any atom is -0.456 e. The van der Waals surface area contributed by atoms with E-state index in [9.17, 15) is 0 Å². The summed E-state index contributed by atoms with van der Waals surface area (Å²) >= 11 is 0. The van der Waals surface area contributed by atoms with E-state index in [-0.39, 0.29) is 0 Å². The highest BCUT2D eigenvalue weighted by atomic mass is 16.3. The molecule has 1 heterocycles. The van der Waals surface area contributed by atoms with Crippen LogP contribution in [0, 0.1) is 0 Å². The van der Waals surface area contributed by atoms with Crippen molar-refractivity contribution in [2.75, 3.05) is 0 Å². The third-order valence-electron chi connectivity index (χ3n) is 17.1. The standard InChI is InChI=1S/C46H30.C36H22O/c1-2-11-31(12-3-1)38-27-28-43-44(30-38)46(40-20-10-16-34-14-6-7-17-39(34)40)42-19-9-8-18-41(42)45(43)35-24-21-33(22-25-35)37-26-23-32-13-4-5-15-36(32)29-37;1-2-11-23(12-3-1)34-26-15-6-8-17-28(26)35(29-18-9-7-16-27(29)34)30-19-10-20-32-36(30)31-21-24-13-4-5-14-25(24)22-33(31)37-32/h1-30H;1-22H. The van der Waals surface area contributed by atoms with Gasteiger partial charge in [0.25, 0.3) is 0 Å². The second-order valence-electron chi connectivity index (χ2n) is 21.8. The molecular formula is C82H52O. The fraction of sp³-hybridized carbons (Fsp3) is 0. The van der Waals surface area contributed by atoms with E-state index in [4.69, 9.17) is 4.42 Å². The van der Waals surface area contributed by atoms with Crippen molar-refractivity contribution in [2.45, 2.75) is 0 Å². The van der Waals surface area contributed by atoms with Crippen molar-refractivity contribution in [1.82, 2.24) is 0 Å². The molecule has 0 unspecified atom stereocenters. The summed E-state index contributed by atoms with van der Waals surface area (Å²) < 4.78 is 6.44. The molecule has 0 saturated carbocycles. The molecule has 0 spiro atoms. The summed E-state index contributed by atoms with van der Waals surface area (Å²) in [6.45, 7) is 0. The van der Waals surface area contributed by atoms with E-state index in [0.717, 1.165) is 16.6 Å². The Morgan fingerprint density at radius 3 is 1.20 bits per heavy atom. The Balaban J connectivity index is 0.000000139. The first-order chi connectivity index (χ1) is 41.2. The van der Waals surface area contributed by atoms with Gasteiger partial charge in [-0.2, -0.15) is 0 Å². The second-order valence-corrected chi connectivity index (χ2v) is 21.8. The van der Waals surface area contributed by atoms with Gasteiger partial charge in [-0.15, -0.1) is 0 Å². The maximum atomic E-state index is 6.44. The minimum atomic E-state index is 0.920. The zero-order valence-corrected chi connectivity index (χ0v) is 45.4. The zero-order valence-electron chi connectivity index (χ0n) is 45.4. The van der Waals surface area contributed by atoms with Gasteiger partial charge in [0, 0.05) is 10.8 Å². The summed E-state index contributed by atoms with van der Waals surface area (Å²) in [4.78, 5) is 0. The van der Waals surface area contributed by atoms with Crippen LogP contribution in [0.1, 0.15) is 0 Å². The van der Waals surface area contributed by atoms with Crippen molar-refractivity contribution in [3.05, 3.63) is 315 Å². The van der Waals surface area contributed by atoms with Crippen LogP contribution < -0.4 is 0 Å². The Kier molecular flexibility index (Phi) is 11.6. The molecular weight excluding hydrogens is 1000 g/mol. The molecule has 17 rings (SSSR count). The largest absolute Gasteiger partial charge is 0.456 e. The van der Waals surface area contributed by atoms with Crippen LogP contribution in [0.2, 0.25) is 0 Å². The summed E-state index contributed by atoms with van der Waals surface area (Å²) in [7, 11) is 0. The highest BCUT2D eigenvalue weighted by molar-refractivity contribution is 6.27. The van der Waals surface area contributed by atoms with Crippen LogP contribution in [0.5, 0.6) is 0 Å². The summed E-state index contributed by atoms with van der Waals surface area (Å²) in [6, 6.07) is 114. The molecule has 0 bridgehead atoms. The van der Waals surface area contributed by atoms with Crippen molar-refractivity contribution < 1.29 is 4.42 Å². The van der Waals surface area contributed by atoms with Gasteiger partial charge >= 0.3 is 0 Å². The van der Waals surface area contributed by atoms with E-state index in [2.05, 4.69) is 315 Å². The quantitative estimate of drug-likeness (QED) is 0.151. The van der Waals surface area contributed by atoms with Gasteiger partial charge in [-0.25, -0.2) is 0 Å². The maximum absolute atomic E-state index is 6.44. The van der Waals surface area contributed by atoms with Crippen LogP contribution in [0.3, 0.4) is 0 Å². The average Bonchev–Trinajstić information content (AvgIpc) is 3.95. The van der Waals surface area contributed by atoms with E-state index in [1.807, 2.05) is 0 Å². The van der Waals surface area contributed by atoms with Crippen molar-refractivity contribution in [2.24, 2.45) is 0 Å². The fourth-order valence-corrected chi connectivity index (χ4v) is 13.3. The molecule has 1 aromatic heterocycles. The molecule has 83 heavy (non-hydrogen) atoms. The molecule has 0 atom stereocenters. The molecule has 0 amide bonds. The fourth-order valence-electron chi connectivity index (χ4n) is 13.3. The molecule has 0 radical (unpaired) electrons. The molecule has 386 valence electrons. The second kappa shape index (κ2) is 20.0. The number of benzene rings is 16. The number of hydrogen-bond donors (Lipinski definition) is 0. The van der Waals surface area contributed by atoms with E-state index in [0.29, 0.717) is 0 Å². The number of hydrogen-bond acceptors (Lipinski definition) is 1. The lowest BCUT2D eigenvalue weighted by atomic mass is 9.83. The predicted molar refractivity (Wildman–Crippen MR) is 355 cm³/mol. The molecule has 0 saturated heterocycles. The van der Waals surface area contributed by atoms with Crippen molar-refractivity contribution in [1.29, 1.82) is 0 Å². The van der Waals surface area contributed by atoms with Crippen LogP contribution in [-0.2, 0) is 0 Å². The number of furan rings is 1. The lowest BCUT2D eigenvalue weighted by Crippen LogP contribution is -1.92. The van der Waals surface area contributed by atoms with Gasteiger partial charge in [-0.1, -0.05) is 285 Å². The Labute approximate surface area is 481 Å². The monoisotopic (exact) mass is 1050 g/mol. The van der Waals surface area contributed by atoms with E-state index in [1.165, 1.54) is 148 Å². The molecule has 0 fully saturated rings. The van der Waals surface area contributed by atoms with Crippen LogP contribution in [0.4, 0.5) is 0 Å². The molecule has 0 aliphatic heterocycles. The van der Waals surface area contributed by atoms with Crippen molar-refractivity contribution in [3.8, 4) is 66.8 Å². The smallest absolute Gasteiger partial charge is 0.136 e. The molecule has 17 aromatic rings. The summed E-state index contributed by atoms with van der Waals surface area (Å²) in [5.74, 6) is 0. The van der Waals surface area contributed by atoms with Gasteiger partial charge < -0.3 is 4.42 Å². The van der Waals surface area contributed by atoms with E-state index >= 15 is 0 Å². The SMILES string of the molecule is c1ccc(-c2c3ccccc3c(-c3cccc4oc5cc6ccccc6cc5c34)c3ccccc23)cc1.c1ccc(-c2ccc3c(-c4ccc(-c5ccc6ccccc6c5)cc4)c4ccccc4c(-c4cccc5ccccc45)c3c2)cc1. The molecule has 1 nitrogen and oxygen atoms in total. The zero-order chi connectivity index (χ0) is 54.8. The maximum Gasteiger partial charge on any atom is 0.136 e. The summed E-state index contributed by atoms with van der Waals surface area (Å²) in [5, 5.41) is 19.9. The van der Waals surface area contributed by atoms with Gasteiger partial charge in [-0.05, 0) is 173 Å². The lowest BCUT2D eigenvalue weighted by molar-refractivity contribution is 0.669. The van der Waals surface area contributed by atoms with Gasteiger partial charge in [0.1, 0.15) is 11.2 Å². The normalized spacial score (nSPS) is 11.6. The molecule has 0 N–H and O–H groups in total. The topological polar surface area (TPSA) is 13.1 Å². The summed E-state index contributed by atoms with van der Waals surface area (Å²) in [6.07, 6.45) is 0. The molecule has 0 aliphatic rings. The van der Waals surface area contributed by atoms with Crippen LogP contribution >= 0.6 is 0 Å². The highest BCUT2D eigenvalue weighted by Gasteiger charge is 2.22. The van der Waals surface area contributed by atoms with Crippen LogP contribution in [0.15, 0.2) is 320 Å². The van der Waals surface area contributed by atoms with E-state index < -0.39 is 0 Å². The number of rotatable bonds is 6. The van der Waals surface area contributed by atoms with Crippen molar-refractivity contribution in [3.63, 3.8) is 0 Å².